The lowest BCUT2D eigenvalue weighted by molar-refractivity contribution is 0.104. The molecule has 4 aromatic rings. The highest BCUT2D eigenvalue weighted by Gasteiger charge is 2.08. The van der Waals surface area contributed by atoms with Crippen molar-refractivity contribution in [1.82, 2.24) is 0 Å². The predicted molar refractivity (Wildman–Crippen MR) is 103 cm³/mol. The van der Waals surface area contributed by atoms with E-state index in [0.29, 0.717) is 5.56 Å². The van der Waals surface area contributed by atoms with E-state index < -0.39 is 0 Å². The zero-order valence-corrected chi connectivity index (χ0v) is 13.5. The molecular weight excluding hydrogens is 308 g/mol. The van der Waals surface area contributed by atoms with Gasteiger partial charge in [-0.1, -0.05) is 60.7 Å². The first-order valence-corrected chi connectivity index (χ1v) is 8.15. The molecule has 0 aliphatic heterocycles. The van der Waals surface area contributed by atoms with Gasteiger partial charge in [-0.25, -0.2) is 0 Å². The Morgan fingerprint density at radius 3 is 1.96 bits per heavy atom. The number of para-hydroxylation sites is 1. The van der Waals surface area contributed by atoms with Gasteiger partial charge in [0, 0.05) is 0 Å². The molecule has 2 nitrogen and oxygen atoms in total. The molecule has 0 saturated carbocycles. The summed E-state index contributed by atoms with van der Waals surface area (Å²) in [5, 5.41) is 14.3. The number of benzene rings is 4. The van der Waals surface area contributed by atoms with Crippen molar-refractivity contribution in [3.63, 3.8) is 0 Å². The first-order valence-electron chi connectivity index (χ1n) is 8.15. The predicted octanol–water partition coefficient (Wildman–Crippen LogP) is 5.59. The topological polar surface area (TPSA) is 37.3 Å². The van der Waals surface area contributed by atoms with Gasteiger partial charge in [0.1, 0.15) is 5.75 Å². The number of phenols is 1. The van der Waals surface area contributed by atoms with Crippen LogP contribution in [0.2, 0.25) is 0 Å². The van der Waals surface area contributed by atoms with E-state index in [1.54, 1.807) is 18.2 Å². The van der Waals surface area contributed by atoms with Gasteiger partial charge < -0.3 is 5.11 Å². The van der Waals surface area contributed by atoms with Gasteiger partial charge in [-0.3, -0.25) is 4.79 Å². The third kappa shape index (κ3) is 2.79. The Kier molecular flexibility index (Phi) is 3.79. The number of phenolic OH excluding ortho intramolecular Hbond substituents is 1. The molecule has 1 N–H and O–H groups in total. The highest BCUT2D eigenvalue weighted by Crippen LogP contribution is 2.29. The summed E-state index contributed by atoms with van der Waals surface area (Å²) in [4.78, 5) is 12.5. The molecular formula is C23H16O2. The van der Waals surface area contributed by atoms with Gasteiger partial charge in [0.05, 0.1) is 5.56 Å². The van der Waals surface area contributed by atoms with E-state index in [1.165, 1.54) is 12.1 Å². The Bertz CT molecular complexity index is 1070. The van der Waals surface area contributed by atoms with Crippen molar-refractivity contribution in [2.75, 3.05) is 0 Å². The van der Waals surface area contributed by atoms with E-state index in [0.717, 1.165) is 27.1 Å². The van der Waals surface area contributed by atoms with Gasteiger partial charge in [-0.15, -0.1) is 0 Å². The second-order valence-electron chi connectivity index (χ2n) is 5.95. The van der Waals surface area contributed by atoms with Crippen LogP contribution < -0.4 is 0 Å². The van der Waals surface area contributed by atoms with Crippen LogP contribution in [0.15, 0.2) is 84.9 Å². The highest BCUT2D eigenvalue weighted by atomic mass is 16.3. The molecule has 0 bridgehead atoms. The van der Waals surface area contributed by atoms with Crippen LogP contribution in [0.25, 0.3) is 27.6 Å². The number of allylic oxidation sites excluding steroid dienone is 1. The normalized spacial score (nSPS) is 11.4. The number of carbonyl (C=O) groups is 1. The molecule has 0 radical (unpaired) electrons. The minimum atomic E-state index is -0.213. The molecule has 0 atom stereocenters. The van der Waals surface area contributed by atoms with E-state index >= 15 is 0 Å². The van der Waals surface area contributed by atoms with Gasteiger partial charge >= 0.3 is 0 Å². The van der Waals surface area contributed by atoms with Crippen LogP contribution in [0.3, 0.4) is 0 Å². The van der Waals surface area contributed by atoms with Crippen LogP contribution in [0, 0.1) is 0 Å². The highest BCUT2D eigenvalue weighted by molar-refractivity contribution is 6.12. The molecule has 4 rings (SSSR count). The van der Waals surface area contributed by atoms with Crippen molar-refractivity contribution in [3.05, 3.63) is 96.1 Å². The summed E-state index contributed by atoms with van der Waals surface area (Å²) in [6.07, 6.45) is 3.38. The Balaban J connectivity index is 1.87. The zero-order chi connectivity index (χ0) is 17.2. The number of carbonyl (C=O) groups excluding carboxylic acids is 1. The second-order valence-corrected chi connectivity index (χ2v) is 5.95. The molecule has 0 aromatic heterocycles. The Hall–Kier alpha value is -3.39. The fourth-order valence-electron chi connectivity index (χ4n) is 3.16. The number of ketones is 1. The molecule has 2 heteroatoms. The van der Waals surface area contributed by atoms with Crippen molar-refractivity contribution in [2.24, 2.45) is 0 Å². The van der Waals surface area contributed by atoms with Crippen molar-refractivity contribution in [1.29, 1.82) is 0 Å². The molecule has 0 fully saturated rings. The van der Waals surface area contributed by atoms with Crippen LogP contribution >= 0.6 is 0 Å². The van der Waals surface area contributed by atoms with Crippen LogP contribution in [-0.4, -0.2) is 10.9 Å². The molecule has 0 amide bonds. The maximum Gasteiger partial charge on any atom is 0.189 e. The third-order valence-electron chi connectivity index (χ3n) is 4.38. The van der Waals surface area contributed by atoms with E-state index in [9.17, 15) is 9.90 Å². The van der Waals surface area contributed by atoms with Crippen molar-refractivity contribution < 1.29 is 9.90 Å². The summed E-state index contributed by atoms with van der Waals surface area (Å²) in [5.74, 6) is -0.213. The summed E-state index contributed by atoms with van der Waals surface area (Å²) in [6, 6.07) is 25.0. The summed E-state index contributed by atoms with van der Waals surface area (Å²) in [5.41, 5.74) is 1.32. The Labute approximate surface area is 145 Å². The Morgan fingerprint density at radius 1 is 0.760 bits per heavy atom. The van der Waals surface area contributed by atoms with E-state index in [4.69, 9.17) is 0 Å². The molecule has 0 saturated heterocycles. The van der Waals surface area contributed by atoms with E-state index in [2.05, 4.69) is 30.3 Å². The van der Waals surface area contributed by atoms with Crippen LogP contribution in [0.5, 0.6) is 5.75 Å². The molecule has 0 spiro atoms. The first-order chi connectivity index (χ1) is 12.2. The number of fused-ring (bicyclic) bond motifs is 2. The molecule has 25 heavy (non-hydrogen) atoms. The smallest absolute Gasteiger partial charge is 0.189 e. The summed E-state index contributed by atoms with van der Waals surface area (Å²) >= 11 is 0. The van der Waals surface area contributed by atoms with E-state index in [-0.39, 0.29) is 11.5 Å². The fourth-order valence-corrected chi connectivity index (χ4v) is 3.16. The summed E-state index contributed by atoms with van der Waals surface area (Å²) in [7, 11) is 0. The van der Waals surface area contributed by atoms with Crippen LogP contribution in [0.4, 0.5) is 0 Å². The third-order valence-corrected chi connectivity index (χ3v) is 4.38. The lowest BCUT2D eigenvalue weighted by Gasteiger charge is -2.08. The maximum atomic E-state index is 12.5. The maximum absolute atomic E-state index is 12.5. The molecule has 0 heterocycles. The van der Waals surface area contributed by atoms with Crippen molar-refractivity contribution >= 4 is 33.4 Å². The van der Waals surface area contributed by atoms with E-state index in [1.807, 2.05) is 30.3 Å². The average Bonchev–Trinajstić information content (AvgIpc) is 2.65. The molecule has 0 aliphatic rings. The van der Waals surface area contributed by atoms with Gasteiger partial charge in [0.2, 0.25) is 0 Å². The van der Waals surface area contributed by atoms with Gasteiger partial charge in [0.15, 0.2) is 5.78 Å². The Morgan fingerprint density at radius 2 is 1.32 bits per heavy atom. The minimum Gasteiger partial charge on any atom is -0.507 e. The van der Waals surface area contributed by atoms with Gasteiger partial charge in [0.25, 0.3) is 0 Å². The number of hydrogen-bond acceptors (Lipinski definition) is 2. The monoisotopic (exact) mass is 324 g/mol. The lowest BCUT2D eigenvalue weighted by atomic mass is 9.96. The van der Waals surface area contributed by atoms with Crippen LogP contribution in [-0.2, 0) is 0 Å². The number of rotatable bonds is 3. The van der Waals surface area contributed by atoms with Crippen LogP contribution in [0.1, 0.15) is 15.9 Å². The fraction of sp³-hybridized carbons (Fsp3) is 0. The van der Waals surface area contributed by atoms with Crippen molar-refractivity contribution in [3.8, 4) is 5.75 Å². The van der Waals surface area contributed by atoms with Gasteiger partial charge in [-0.05, 0) is 57.5 Å². The first kappa shape index (κ1) is 15.2. The second kappa shape index (κ2) is 6.25. The van der Waals surface area contributed by atoms with Crippen molar-refractivity contribution in [2.45, 2.75) is 0 Å². The van der Waals surface area contributed by atoms with Gasteiger partial charge in [-0.2, -0.15) is 0 Å². The summed E-state index contributed by atoms with van der Waals surface area (Å²) in [6.45, 7) is 0. The summed E-state index contributed by atoms with van der Waals surface area (Å²) < 4.78 is 0. The molecule has 0 unspecified atom stereocenters. The largest absolute Gasteiger partial charge is 0.507 e. The minimum absolute atomic E-state index is 0.0000669. The zero-order valence-electron chi connectivity index (χ0n) is 13.5. The lowest BCUT2D eigenvalue weighted by Crippen LogP contribution is -1.94. The standard InChI is InChI=1S/C23H16O2/c24-22-12-6-5-11-21(22)23(25)14-13-20-18-9-3-1-7-16(18)15-17-8-2-4-10-19(17)20/h1-15,24H/b14-13+. The SMILES string of the molecule is O=C(/C=C/c1c2ccccc2cc2ccccc12)c1ccccc1O. The molecule has 120 valence electrons. The number of hydrogen-bond donors (Lipinski definition) is 1. The number of aromatic hydroxyl groups is 1. The quantitative estimate of drug-likeness (QED) is 0.303. The average molecular weight is 324 g/mol. The molecule has 0 aliphatic carbocycles. The molecule has 4 aromatic carbocycles.